The zero-order valence-electron chi connectivity index (χ0n) is 16.9. The van der Waals surface area contributed by atoms with E-state index in [-0.39, 0.29) is 18.1 Å². The second-order valence-corrected chi connectivity index (χ2v) is 7.61. The van der Waals surface area contributed by atoms with Gasteiger partial charge in [0.15, 0.2) is 0 Å². The van der Waals surface area contributed by atoms with Crippen LogP contribution in [0.4, 0.5) is 0 Å². The highest BCUT2D eigenvalue weighted by atomic mass is 16.5. The van der Waals surface area contributed by atoms with Gasteiger partial charge < -0.3 is 14.3 Å². The Morgan fingerprint density at radius 2 is 2.14 bits per heavy atom. The van der Waals surface area contributed by atoms with Crippen LogP contribution in [0.2, 0.25) is 0 Å². The Morgan fingerprint density at radius 3 is 2.86 bits per heavy atom. The van der Waals surface area contributed by atoms with Gasteiger partial charge in [-0.1, -0.05) is 6.42 Å². The number of nitrogens with zero attached hydrogens (tertiary/aromatic N) is 1. The van der Waals surface area contributed by atoms with Crippen LogP contribution in [0.1, 0.15) is 56.2 Å². The van der Waals surface area contributed by atoms with Crippen molar-refractivity contribution in [1.82, 2.24) is 4.90 Å². The number of piperidine rings is 1. The maximum absolute atomic E-state index is 12.0. The zero-order valence-corrected chi connectivity index (χ0v) is 16.9. The molecule has 1 N–H and O–H groups in total. The minimum Gasteiger partial charge on any atom is -0.507 e. The smallest absolute Gasteiger partial charge is 0.336 e. The lowest BCUT2D eigenvalue weighted by molar-refractivity contribution is -0.143. The molecule has 0 amide bonds. The Kier molecular flexibility index (Phi) is 6.39. The van der Waals surface area contributed by atoms with E-state index in [2.05, 4.69) is 11.8 Å². The first-order valence-electron chi connectivity index (χ1n) is 10.1. The Bertz CT molecular complexity index is 917. The molecule has 152 valence electrons. The second kappa shape index (κ2) is 8.78. The molecule has 2 heterocycles. The molecular formula is C22H29NO5. The number of carbonyl (C=O) groups excluding carboxylic acids is 1. The number of phenolic OH excluding ortho intramolecular Hbond substituents is 1. The van der Waals surface area contributed by atoms with E-state index < -0.39 is 5.63 Å². The summed E-state index contributed by atoms with van der Waals surface area (Å²) in [7, 11) is 0. The largest absolute Gasteiger partial charge is 0.507 e. The summed E-state index contributed by atoms with van der Waals surface area (Å²) in [5.74, 6) is -0.173. The maximum Gasteiger partial charge on any atom is 0.336 e. The van der Waals surface area contributed by atoms with Gasteiger partial charge >= 0.3 is 11.6 Å². The molecule has 0 bridgehead atoms. The molecule has 1 aromatic carbocycles. The number of carbonyl (C=O) groups is 1. The van der Waals surface area contributed by atoms with Crippen LogP contribution in [0.5, 0.6) is 5.75 Å². The number of benzene rings is 1. The topological polar surface area (TPSA) is 80.0 Å². The van der Waals surface area contributed by atoms with Gasteiger partial charge in [-0.2, -0.15) is 0 Å². The highest BCUT2D eigenvalue weighted by Gasteiger charge is 2.24. The van der Waals surface area contributed by atoms with Gasteiger partial charge in [-0.15, -0.1) is 0 Å². The maximum atomic E-state index is 12.0. The average Bonchev–Trinajstić information content (AvgIpc) is 2.65. The summed E-state index contributed by atoms with van der Waals surface area (Å²) >= 11 is 0. The van der Waals surface area contributed by atoms with Gasteiger partial charge in [-0.05, 0) is 63.8 Å². The van der Waals surface area contributed by atoms with Crippen molar-refractivity contribution < 1.29 is 19.1 Å². The Hall–Kier alpha value is -2.34. The molecule has 1 aliphatic heterocycles. The lowest BCUT2D eigenvalue weighted by atomic mass is 9.96. The lowest BCUT2D eigenvalue weighted by Crippen LogP contribution is -2.36. The SMILES string of the molecule is CCOC(=O)CCc1cc2c(C)cc(=O)oc2c(CN2CCCCC2C)c1O. The van der Waals surface area contributed by atoms with Crippen LogP contribution in [0, 0.1) is 6.92 Å². The number of aryl methyl sites for hydroxylation is 2. The van der Waals surface area contributed by atoms with Gasteiger partial charge in [0, 0.05) is 30.5 Å². The van der Waals surface area contributed by atoms with Crippen molar-refractivity contribution in [1.29, 1.82) is 0 Å². The van der Waals surface area contributed by atoms with Crippen molar-refractivity contribution in [2.75, 3.05) is 13.2 Å². The fraction of sp³-hybridized carbons (Fsp3) is 0.545. The second-order valence-electron chi connectivity index (χ2n) is 7.61. The Labute approximate surface area is 165 Å². The molecule has 1 saturated heterocycles. The predicted octanol–water partition coefficient (Wildman–Crippen LogP) is 3.68. The number of aromatic hydroxyl groups is 1. The van der Waals surface area contributed by atoms with Gasteiger partial charge in [0.1, 0.15) is 11.3 Å². The van der Waals surface area contributed by atoms with E-state index in [1.165, 1.54) is 12.5 Å². The predicted molar refractivity (Wildman–Crippen MR) is 108 cm³/mol. The summed E-state index contributed by atoms with van der Waals surface area (Å²) < 4.78 is 10.5. The summed E-state index contributed by atoms with van der Waals surface area (Å²) in [6.07, 6.45) is 4.01. The van der Waals surface area contributed by atoms with Crippen LogP contribution in [-0.4, -0.2) is 35.2 Å². The van der Waals surface area contributed by atoms with Crippen LogP contribution >= 0.6 is 0 Å². The third-order valence-corrected chi connectivity index (χ3v) is 5.59. The first-order valence-corrected chi connectivity index (χ1v) is 10.1. The van der Waals surface area contributed by atoms with Crippen LogP contribution in [0.15, 0.2) is 21.3 Å². The molecule has 28 heavy (non-hydrogen) atoms. The first kappa shape index (κ1) is 20.4. The number of fused-ring (bicyclic) bond motifs is 1. The monoisotopic (exact) mass is 387 g/mol. The van der Waals surface area contributed by atoms with Crippen molar-refractivity contribution >= 4 is 16.9 Å². The van der Waals surface area contributed by atoms with E-state index in [1.807, 2.05) is 13.0 Å². The number of likely N-dealkylation sites (tertiary alicyclic amines) is 1. The van der Waals surface area contributed by atoms with E-state index in [0.29, 0.717) is 42.3 Å². The molecule has 0 radical (unpaired) electrons. The van der Waals surface area contributed by atoms with Crippen molar-refractivity contribution in [2.45, 2.75) is 65.5 Å². The molecule has 2 aromatic rings. The van der Waals surface area contributed by atoms with Gasteiger partial charge in [0.05, 0.1) is 12.2 Å². The molecule has 1 unspecified atom stereocenters. The Balaban J connectivity index is 2.03. The minimum absolute atomic E-state index is 0.114. The molecule has 1 aliphatic rings. The van der Waals surface area contributed by atoms with Gasteiger partial charge in [0.2, 0.25) is 0 Å². The van der Waals surface area contributed by atoms with E-state index in [4.69, 9.17) is 9.15 Å². The average molecular weight is 387 g/mol. The number of ether oxygens (including phenoxy) is 1. The van der Waals surface area contributed by atoms with Crippen LogP contribution < -0.4 is 5.63 Å². The van der Waals surface area contributed by atoms with E-state index >= 15 is 0 Å². The molecule has 0 spiro atoms. The normalized spacial score (nSPS) is 17.8. The molecule has 6 heteroatoms. The minimum atomic E-state index is -0.420. The molecular weight excluding hydrogens is 358 g/mol. The quantitative estimate of drug-likeness (QED) is 0.602. The van der Waals surface area contributed by atoms with Crippen molar-refractivity contribution in [3.63, 3.8) is 0 Å². The van der Waals surface area contributed by atoms with Gasteiger partial charge in [0.25, 0.3) is 0 Å². The third-order valence-electron chi connectivity index (χ3n) is 5.59. The summed E-state index contributed by atoms with van der Waals surface area (Å²) in [5, 5.41) is 11.8. The number of rotatable bonds is 6. The van der Waals surface area contributed by atoms with E-state index in [9.17, 15) is 14.7 Å². The van der Waals surface area contributed by atoms with Crippen molar-refractivity contribution in [2.24, 2.45) is 0 Å². The van der Waals surface area contributed by atoms with Crippen molar-refractivity contribution in [3.05, 3.63) is 39.2 Å². The molecule has 0 saturated carbocycles. The Morgan fingerprint density at radius 1 is 1.36 bits per heavy atom. The first-order chi connectivity index (χ1) is 13.4. The molecule has 1 fully saturated rings. The third kappa shape index (κ3) is 4.38. The summed E-state index contributed by atoms with van der Waals surface area (Å²) in [6, 6.07) is 3.69. The highest BCUT2D eigenvalue weighted by Crippen LogP contribution is 2.35. The van der Waals surface area contributed by atoms with Gasteiger partial charge in [-0.25, -0.2) is 4.79 Å². The number of hydrogen-bond donors (Lipinski definition) is 1. The summed E-state index contributed by atoms with van der Waals surface area (Å²) in [6.45, 7) is 7.62. The van der Waals surface area contributed by atoms with Crippen LogP contribution in [0.3, 0.4) is 0 Å². The lowest BCUT2D eigenvalue weighted by Gasteiger charge is -2.33. The summed E-state index contributed by atoms with van der Waals surface area (Å²) in [5.41, 5.74) is 2.14. The molecule has 1 atom stereocenters. The number of hydrogen-bond acceptors (Lipinski definition) is 6. The number of esters is 1. The molecule has 3 rings (SSSR count). The fourth-order valence-corrected chi connectivity index (χ4v) is 3.97. The van der Waals surface area contributed by atoms with E-state index in [1.54, 1.807) is 6.92 Å². The van der Waals surface area contributed by atoms with Crippen molar-refractivity contribution in [3.8, 4) is 5.75 Å². The van der Waals surface area contributed by atoms with Crippen LogP contribution in [0.25, 0.3) is 11.0 Å². The van der Waals surface area contributed by atoms with E-state index in [0.717, 1.165) is 30.3 Å². The molecule has 0 aliphatic carbocycles. The zero-order chi connectivity index (χ0) is 20.3. The fourth-order valence-electron chi connectivity index (χ4n) is 3.97. The highest BCUT2D eigenvalue weighted by molar-refractivity contribution is 5.86. The van der Waals surface area contributed by atoms with Crippen LogP contribution in [-0.2, 0) is 22.5 Å². The molecule has 1 aromatic heterocycles. The standard InChI is InChI=1S/C22H29NO5/c1-4-27-19(24)9-8-16-12-17-14(2)11-20(25)28-22(17)18(21(16)26)13-23-10-6-5-7-15(23)3/h11-12,15,26H,4-10,13H2,1-3H3. The molecule has 6 nitrogen and oxygen atoms in total. The number of phenols is 1. The summed E-state index contributed by atoms with van der Waals surface area (Å²) in [4.78, 5) is 26.1. The van der Waals surface area contributed by atoms with Gasteiger partial charge in [-0.3, -0.25) is 9.69 Å².